The van der Waals surface area contributed by atoms with E-state index in [0.29, 0.717) is 77.0 Å². The van der Waals surface area contributed by atoms with Crippen LogP contribution in [-0.2, 0) is 9.53 Å². The number of likely N-dealkylation sites (tertiary alicyclic amines) is 1. The highest BCUT2D eigenvalue weighted by atomic mass is 19.1. The van der Waals surface area contributed by atoms with Gasteiger partial charge >= 0.3 is 0 Å². The Kier molecular flexibility index (Phi) is 4.90. The molecule has 4 heterocycles. The van der Waals surface area contributed by atoms with E-state index in [9.17, 15) is 14.3 Å². The number of rotatable bonds is 2. The SMILES string of the molecule is CN1CC(O)CC2(CCN(c3ncc(F)c(N4CCOCC4)n3)CC2)C1=O. The van der Waals surface area contributed by atoms with Crippen LogP contribution in [0.15, 0.2) is 6.20 Å². The molecular formula is C18H26FN5O3. The Morgan fingerprint density at radius 3 is 2.63 bits per heavy atom. The second-order valence-corrected chi connectivity index (χ2v) is 7.75. The minimum atomic E-state index is -0.504. The maximum atomic E-state index is 14.2. The summed E-state index contributed by atoms with van der Waals surface area (Å²) in [5, 5.41) is 10.1. The summed E-state index contributed by atoms with van der Waals surface area (Å²) in [5.41, 5.74) is -0.504. The molecule has 9 heteroatoms. The van der Waals surface area contributed by atoms with Crippen molar-refractivity contribution in [2.45, 2.75) is 25.4 Å². The van der Waals surface area contributed by atoms with Gasteiger partial charge < -0.3 is 24.5 Å². The average Bonchev–Trinajstić information content (AvgIpc) is 2.68. The van der Waals surface area contributed by atoms with E-state index in [-0.39, 0.29) is 5.91 Å². The lowest BCUT2D eigenvalue weighted by Gasteiger charge is -2.47. The van der Waals surface area contributed by atoms with Crippen molar-refractivity contribution in [2.24, 2.45) is 5.41 Å². The molecule has 3 fully saturated rings. The van der Waals surface area contributed by atoms with E-state index in [1.165, 1.54) is 6.20 Å². The van der Waals surface area contributed by atoms with Gasteiger partial charge in [-0.05, 0) is 19.3 Å². The summed E-state index contributed by atoms with van der Waals surface area (Å²) in [6, 6.07) is 0. The molecule has 3 aliphatic heterocycles. The Balaban J connectivity index is 1.49. The molecule has 3 saturated heterocycles. The van der Waals surface area contributed by atoms with Crippen molar-refractivity contribution < 1.29 is 19.0 Å². The van der Waals surface area contributed by atoms with E-state index in [1.54, 1.807) is 11.9 Å². The summed E-state index contributed by atoms with van der Waals surface area (Å²) < 4.78 is 19.6. The zero-order valence-electron chi connectivity index (χ0n) is 15.6. The third-order valence-electron chi connectivity index (χ3n) is 5.94. The average molecular weight is 379 g/mol. The molecule has 3 aliphatic rings. The molecule has 1 spiro atoms. The number of anilines is 2. The van der Waals surface area contributed by atoms with Crippen molar-refractivity contribution in [3.8, 4) is 0 Å². The first-order valence-electron chi connectivity index (χ1n) is 9.52. The fourth-order valence-corrected chi connectivity index (χ4v) is 4.46. The highest BCUT2D eigenvalue weighted by Gasteiger charge is 2.47. The summed E-state index contributed by atoms with van der Waals surface area (Å²) in [6.45, 7) is 3.95. The molecule has 1 N–H and O–H groups in total. The highest BCUT2D eigenvalue weighted by Crippen LogP contribution is 2.41. The van der Waals surface area contributed by atoms with Crippen LogP contribution in [0.2, 0.25) is 0 Å². The minimum Gasteiger partial charge on any atom is -0.391 e. The van der Waals surface area contributed by atoms with Gasteiger partial charge in [0.15, 0.2) is 11.6 Å². The predicted octanol–water partition coefficient (Wildman–Crippen LogP) is 0.262. The Labute approximate surface area is 157 Å². The van der Waals surface area contributed by atoms with Gasteiger partial charge in [0.05, 0.1) is 30.9 Å². The van der Waals surface area contributed by atoms with Gasteiger partial charge in [0, 0.05) is 39.8 Å². The molecule has 27 heavy (non-hydrogen) atoms. The molecule has 1 amide bonds. The summed E-state index contributed by atoms with van der Waals surface area (Å²) in [6.07, 6.45) is 2.53. The summed E-state index contributed by atoms with van der Waals surface area (Å²) >= 11 is 0. The zero-order chi connectivity index (χ0) is 19.0. The second kappa shape index (κ2) is 7.20. The number of carbonyl (C=O) groups excluding carboxylic acids is 1. The van der Waals surface area contributed by atoms with E-state index < -0.39 is 17.3 Å². The van der Waals surface area contributed by atoms with E-state index in [1.807, 2.05) is 9.80 Å². The number of nitrogens with zero attached hydrogens (tertiary/aromatic N) is 5. The van der Waals surface area contributed by atoms with Crippen LogP contribution in [0.4, 0.5) is 16.2 Å². The second-order valence-electron chi connectivity index (χ2n) is 7.75. The number of ether oxygens (including phenoxy) is 1. The highest BCUT2D eigenvalue weighted by molar-refractivity contribution is 5.83. The van der Waals surface area contributed by atoms with Crippen LogP contribution in [0.25, 0.3) is 0 Å². The number of hydrogen-bond donors (Lipinski definition) is 1. The number of amides is 1. The van der Waals surface area contributed by atoms with Crippen LogP contribution >= 0.6 is 0 Å². The smallest absolute Gasteiger partial charge is 0.228 e. The van der Waals surface area contributed by atoms with Crippen LogP contribution in [0.3, 0.4) is 0 Å². The Morgan fingerprint density at radius 1 is 1.22 bits per heavy atom. The number of hydrogen-bond acceptors (Lipinski definition) is 7. The third-order valence-corrected chi connectivity index (χ3v) is 5.94. The van der Waals surface area contributed by atoms with Crippen molar-refractivity contribution in [3.63, 3.8) is 0 Å². The molecule has 8 nitrogen and oxygen atoms in total. The van der Waals surface area contributed by atoms with Crippen molar-refractivity contribution in [1.29, 1.82) is 0 Å². The van der Waals surface area contributed by atoms with Crippen LogP contribution in [0, 0.1) is 11.2 Å². The van der Waals surface area contributed by atoms with Gasteiger partial charge in [-0.3, -0.25) is 4.79 Å². The number of aromatic nitrogens is 2. The molecule has 0 radical (unpaired) electrons. The summed E-state index contributed by atoms with van der Waals surface area (Å²) in [4.78, 5) is 26.9. The monoisotopic (exact) mass is 379 g/mol. The van der Waals surface area contributed by atoms with Crippen molar-refractivity contribution in [1.82, 2.24) is 14.9 Å². The fourth-order valence-electron chi connectivity index (χ4n) is 4.46. The number of likely N-dealkylation sites (N-methyl/N-ethyl adjacent to an activating group) is 1. The number of carbonyl (C=O) groups is 1. The lowest BCUT2D eigenvalue weighted by Crippen LogP contribution is -2.56. The first kappa shape index (κ1) is 18.4. The van der Waals surface area contributed by atoms with E-state index >= 15 is 0 Å². The maximum Gasteiger partial charge on any atom is 0.228 e. The molecule has 1 aromatic heterocycles. The van der Waals surface area contributed by atoms with E-state index in [4.69, 9.17) is 4.74 Å². The van der Waals surface area contributed by atoms with Gasteiger partial charge in [-0.2, -0.15) is 4.98 Å². The minimum absolute atomic E-state index is 0.112. The van der Waals surface area contributed by atoms with Crippen LogP contribution in [0.5, 0.6) is 0 Å². The number of morpholine rings is 1. The van der Waals surface area contributed by atoms with E-state index in [2.05, 4.69) is 9.97 Å². The van der Waals surface area contributed by atoms with Crippen molar-refractivity contribution >= 4 is 17.7 Å². The predicted molar refractivity (Wildman–Crippen MR) is 97.2 cm³/mol. The van der Waals surface area contributed by atoms with Gasteiger partial charge in [-0.25, -0.2) is 9.37 Å². The molecule has 1 aromatic rings. The van der Waals surface area contributed by atoms with Crippen LogP contribution < -0.4 is 9.80 Å². The Morgan fingerprint density at radius 2 is 1.93 bits per heavy atom. The molecule has 148 valence electrons. The van der Waals surface area contributed by atoms with Crippen molar-refractivity contribution in [3.05, 3.63) is 12.0 Å². The Hall–Kier alpha value is -2.00. The summed E-state index contributed by atoms with van der Waals surface area (Å²) in [5.74, 6) is 0.486. The molecular weight excluding hydrogens is 353 g/mol. The van der Waals surface area contributed by atoms with Crippen molar-refractivity contribution in [2.75, 3.05) is 62.8 Å². The standard InChI is InChI=1S/C18H26FN5O3/c1-22-12-13(25)10-18(16(22)26)2-4-24(5-3-18)17-20-11-14(19)15(21-17)23-6-8-27-9-7-23/h11,13,25H,2-10,12H2,1H3. The number of aliphatic hydroxyl groups is 1. The lowest BCUT2D eigenvalue weighted by atomic mass is 9.71. The first-order valence-corrected chi connectivity index (χ1v) is 9.52. The maximum absolute atomic E-state index is 14.2. The van der Waals surface area contributed by atoms with Gasteiger partial charge in [-0.15, -0.1) is 0 Å². The normalized spacial score (nSPS) is 26.0. The largest absolute Gasteiger partial charge is 0.391 e. The quantitative estimate of drug-likeness (QED) is 0.789. The molecule has 4 rings (SSSR count). The molecule has 0 bridgehead atoms. The van der Waals surface area contributed by atoms with Crippen LogP contribution in [0.1, 0.15) is 19.3 Å². The summed E-state index contributed by atoms with van der Waals surface area (Å²) in [7, 11) is 1.75. The van der Waals surface area contributed by atoms with Gasteiger partial charge in [0.2, 0.25) is 11.9 Å². The van der Waals surface area contributed by atoms with Crippen LogP contribution in [-0.4, -0.2) is 85.0 Å². The molecule has 0 aromatic carbocycles. The van der Waals surface area contributed by atoms with Gasteiger partial charge in [0.1, 0.15) is 0 Å². The first-order chi connectivity index (χ1) is 13.0. The molecule has 1 unspecified atom stereocenters. The number of piperidine rings is 2. The Bertz CT molecular complexity index is 704. The molecule has 0 aliphatic carbocycles. The number of halogens is 1. The third kappa shape index (κ3) is 3.45. The lowest BCUT2D eigenvalue weighted by molar-refractivity contribution is -0.152. The number of aliphatic hydroxyl groups excluding tert-OH is 1. The molecule has 1 atom stereocenters. The van der Waals surface area contributed by atoms with E-state index in [0.717, 1.165) is 0 Å². The molecule has 0 saturated carbocycles. The fraction of sp³-hybridized carbons (Fsp3) is 0.722. The topological polar surface area (TPSA) is 82.0 Å². The van der Waals surface area contributed by atoms with Gasteiger partial charge in [0.25, 0.3) is 0 Å². The van der Waals surface area contributed by atoms with Gasteiger partial charge in [-0.1, -0.05) is 0 Å². The zero-order valence-corrected chi connectivity index (χ0v) is 15.6. The number of β-amino-alcohol motifs (C(OH)–C–C–N with tert-alkyl or cyclic N) is 1.